The lowest BCUT2D eigenvalue weighted by Crippen LogP contribution is -2.20. The van der Waals surface area contributed by atoms with Gasteiger partial charge in [0.05, 0.1) is 17.0 Å². The summed E-state index contributed by atoms with van der Waals surface area (Å²) in [7, 11) is 0. The van der Waals surface area contributed by atoms with Crippen molar-refractivity contribution in [3.8, 4) is 0 Å². The van der Waals surface area contributed by atoms with Crippen molar-refractivity contribution in [2.45, 2.75) is 32.1 Å². The third-order valence-electron chi connectivity index (χ3n) is 2.90. The van der Waals surface area contributed by atoms with Crippen LogP contribution in [0.15, 0.2) is 18.2 Å². The second-order valence-corrected chi connectivity index (χ2v) is 4.90. The summed E-state index contributed by atoms with van der Waals surface area (Å²) in [6.45, 7) is 2.82. The normalized spacial score (nSPS) is 14.3. The van der Waals surface area contributed by atoms with Gasteiger partial charge in [-0.15, -0.1) is 0 Å². The van der Waals surface area contributed by atoms with Crippen molar-refractivity contribution in [3.63, 3.8) is 0 Å². The van der Waals surface area contributed by atoms with Crippen molar-refractivity contribution < 1.29 is 36.2 Å². The molecule has 1 unspecified atom stereocenters. The lowest BCUT2D eigenvalue weighted by molar-refractivity contribution is -0.144. The second kappa shape index (κ2) is 5.57. The Labute approximate surface area is 116 Å². The number of carbonyl (C=O) groups is 1. The Morgan fingerprint density at radius 1 is 0.952 bits per heavy atom. The Balaban J connectivity index is 3.55. The molecule has 1 N–H and O–H groups in total. The van der Waals surface area contributed by atoms with E-state index in [0.717, 1.165) is 0 Å². The molecule has 0 radical (unpaired) electrons. The molecule has 1 aromatic carbocycles. The quantitative estimate of drug-likeness (QED) is 0.831. The first-order valence-electron chi connectivity index (χ1n) is 5.86. The molecule has 118 valence electrons. The lowest BCUT2D eigenvalue weighted by Gasteiger charge is -2.20. The van der Waals surface area contributed by atoms with E-state index in [1.165, 1.54) is 13.8 Å². The number of halogens is 6. The molecule has 0 heterocycles. The van der Waals surface area contributed by atoms with Gasteiger partial charge in [-0.25, -0.2) is 0 Å². The van der Waals surface area contributed by atoms with Crippen LogP contribution in [0.2, 0.25) is 0 Å². The van der Waals surface area contributed by atoms with Crippen LogP contribution in [0.5, 0.6) is 0 Å². The zero-order valence-corrected chi connectivity index (χ0v) is 11.0. The number of alkyl halides is 6. The van der Waals surface area contributed by atoms with Crippen molar-refractivity contribution in [2.75, 3.05) is 0 Å². The van der Waals surface area contributed by atoms with Crippen molar-refractivity contribution in [2.24, 2.45) is 5.92 Å². The van der Waals surface area contributed by atoms with E-state index < -0.39 is 46.8 Å². The number of rotatable bonds is 3. The van der Waals surface area contributed by atoms with Gasteiger partial charge in [-0.05, 0) is 29.7 Å². The highest BCUT2D eigenvalue weighted by molar-refractivity contribution is 5.76. The fourth-order valence-electron chi connectivity index (χ4n) is 1.97. The summed E-state index contributed by atoms with van der Waals surface area (Å²) in [5, 5.41) is 9.02. The molecular formula is C13H12F6O2. The highest BCUT2D eigenvalue weighted by Gasteiger charge is 2.38. The van der Waals surface area contributed by atoms with E-state index in [1.54, 1.807) is 0 Å². The molecule has 0 aliphatic rings. The molecule has 0 aliphatic carbocycles. The number of hydrogen-bond acceptors (Lipinski definition) is 1. The van der Waals surface area contributed by atoms with Crippen LogP contribution in [0.3, 0.4) is 0 Å². The first-order chi connectivity index (χ1) is 9.34. The van der Waals surface area contributed by atoms with Crippen molar-refractivity contribution in [1.29, 1.82) is 0 Å². The lowest BCUT2D eigenvalue weighted by atomic mass is 9.86. The molecular weight excluding hydrogens is 302 g/mol. The SMILES string of the molecule is CC(C)C(C(=O)O)c1cc(C(F)(F)F)cc(C(F)(F)F)c1. The fourth-order valence-corrected chi connectivity index (χ4v) is 1.97. The maximum Gasteiger partial charge on any atom is 0.416 e. The third-order valence-corrected chi connectivity index (χ3v) is 2.90. The van der Waals surface area contributed by atoms with Gasteiger partial charge in [0.15, 0.2) is 0 Å². The minimum absolute atomic E-state index is 0.0251. The molecule has 0 saturated heterocycles. The van der Waals surface area contributed by atoms with Crippen LogP contribution in [-0.2, 0) is 17.1 Å². The van der Waals surface area contributed by atoms with Crippen molar-refractivity contribution >= 4 is 5.97 Å². The largest absolute Gasteiger partial charge is 0.481 e. The van der Waals surface area contributed by atoms with Gasteiger partial charge >= 0.3 is 18.3 Å². The van der Waals surface area contributed by atoms with E-state index >= 15 is 0 Å². The van der Waals surface area contributed by atoms with Crippen LogP contribution >= 0.6 is 0 Å². The van der Waals surface area contributed by atoms with Crippen LogP contribution in [0.4, 0.5) is 26.3 Å². The summed E-state index contributed by atoms with van der Waals surface area (Å²) in [5.74, 6) is -3.59. The Bertz CT molecular complexity index is 498. The monoisotopic (exact) mass is 314 g/mol. The molecule has 1 rings (SSSR count). The van der Waals surface area contributed by atoms with Gasteiger partial charge in [-0.2, -0.15) is 26.3 Å². The highest BCUT2D eigenvalue weighted by atomic mass is 19.4. The van der Waals surface area contributed by atoms with Gasteiger partial charge in [0, 0.05) is 0 Å². The van der Waals surface area contributed by atoms with Gasteiger partial charge in [-0.1, -0.05) is 13.8 Å². The van der Waals surface area contributed by atoms with Crippen molar-refractivity contribution in [3.05, 3.63) is 34.9 Å². The van der Waals surface area contributed by atoms with Crippen LogP contribution < -0.4 is 0 Å². The van der Waals surface area contributed by atoms with Gasteiger partial charge in [-0.3, -0.25) is 4.79 Å². The minimum atomic E-state index is -4.99. The van der Waals surface area contributed by atoms with E-state index in [9.17, 15) is 31.1 Å². The maximum atomic E-state index is 12.7. The smallest absolute Gasteiger partial charge is 0.416 e. The molecule has 0 bridgehead atoms. The second-order valence-electron chi connectivity index (χ2n) is 4.90. The summed E-state index contributed by atoms with van der Waals surface area (Å²) in [6, 6.07) is 0.880. The summed E-state index contributed by atoms with van der Waals surface area (Å²) in [6.07, 6.45) is -9.98. The molecule has 0 fully saturated rings. The maximum absolute atomic E-state index is 12.7. The number of carboxylic acid groups (broad SMARTS) is 1. The Morgan fingerprint density at radius 3 is 1.57 bits per heavy atom. The van der Waals surface area contributed by atoms with Crippen LogP contribution in [0, 0.1) is 5.92 Å². The van der Waals surface area contributed by atoms with E-state index in [1.807, 2.05) is 0 Å². The molecule has 1 aromatic rings. The number of aliphatic carboxylic acids is 1. The van der Waals surface area contributed by atoms with Crippen LogP contribution in [0.1, 0.15) is 36.5 Å². The summed E-state index contributed by atoms with van der Waals surface area (Å²) in [5.41, 5.74) is -3.54. The minimum Gasteiger partial charge on any atom is -0.481 e. The van der Waals surface area contributed by atoms with Crippen LogP contribution in [0.25, 0.3) is 0 Å². The summed E-state index contributed by atoms with van der Waals surface area (Å²) < 4.78 is 76.1. The molecule has 0 spiro atoms. The predicted molar refractivity (Wildman–Crippen MR) is 61.7 cm³/mol. The van der Waals surface area contributed by atoms with Gasteiger partial charge in [0.25, 0.3) is 0 Å². The number of carboxylic acids is 1. The van der Waals surface area contributed by atoms with E-state index in [0.29, 0.717) is 12.1 Å². The molecule has 2 nitrogen and oxygen atoms in total. The Kier molecular flexibility index (Phi) is 4.60. The van der Waals surface area contributed by atoms with Gasteiger partial charge in [0.2, 0.25) is 0 Å². The molecule has 0 amide bonds. The average molecular weight is 314 g/mol. The Morgan fingerprint density at radius 2 is 1.33 bits per heavy atom. The first-order valence-corrected chi connectivity index (χ1v) is 5.86. The first kappa shape index (κ1) is 17.3. The molecule has 0 aliphatic heterocycles. The number of benzene rings is 1. The standard InChI is InChI=1S/C13H12F6O2/c1-6(2)10(11(20)21)7-3-8(12(14,15)16)5-9(4-7)13(17,18)19/h3-6,10H,1-2H3,(H,20,21). The zero-order valence-electron chi connectivity index (χ0n) is 11.0. The summed E-state index contributed by atoms with van der Waals surface area (Å²) in [4.78, 5) is 11.1. The molecule has 1 atom stereocenters. The topological polar surface area (TPSA) is 37.3 Å². The average Bonchev–Trinajstić information content (AvgIpc) is 2.25. The van der Waals surface area contributed by atoms with E-state index in [4.69, 9.17) is 5.11 Å². The summed E-state index contributed by atoms with van der Waals surface area (Å²) >= 11 is 0. The molecule has 8 heteroatoms. The molecule has 0 saturated carbocycles. The fraction of sp³-hybridized carbons (Fsp3) is 0.462. The molecule has 0 aromatic heterocycles. The number of hydrogen-bond donors (Lipinski definition) is 1. The van der Waals surface area contributed by atoms with E-state index in [-0.39, 0.29) is 6.07 Å². The highest BCUT2D eigenvalue weighted by Crippen LogP contribution is 2.38. The predicted octanol–water partition coefficient (Wildman–Crippen LogP) is 4.55. The van der Waals surface area contributed by atoms with Gasteiger partial charge < -0.3 is 5.11 Å². The van der Waals surface area contributed by atoms with Crippen LogP contribution in [-0.4, -0.2) is 11.1 Å². The Hall–Kier alpha value is -1.73. The zero-order chi connectivity index (χ0) is 16.6. The molecule has 21 heavy (non-hydrogen) atoms. The van der Waals surface area contributed by atoms with Gasteiger partial charge in [0.1, 0.15) is 0 Å². The third kappa shape index (κ3) is 4.12. The van der Waals surface area contributed by atoms with Crippen molar-refractivity contribution in [1.82, 2.24) is 0 Å². The van der Waals surface area contributed by atoms with E-state index in [2.05, 4.69) is 0 Å².